The zero-order chi connectivity index (χ0) is 35.9. The SMILES string of the molecule is Cc1ccc(S(=O)(=O)N(CC(=O)N(Cc2ccc(Cl)cc2)[C@H](Cc2ccccc2)C(=O)NC2CCCCC2)c2cccc(C(F)(F)F)c2)cc1. The maximum Gasteiger partial charge on any atom is 0.416 e. The molecule has 0 unspecified atom stereocenters. The fourth-order valence-corrected chi connectivity index (χ4v) is 7.62. The Balaban J connectivity index is 1.59. The second-order valence-electron chi connectivity index (χ2n) is 12.6. The number of aryl methyl sites for hydroxylation is 1. The number of sulfonamides is 1. The van der Waals surface area contributed by atoms with Crippen molar-refractivity contribution >= 4 is 39.1 Å². The molecular formula is C38H39ClF3N3O4S. The smallest absolute Gasteiger partial charge is 0.352 e. The van der Waals surface area contributed by atoms with Gasteiger partial charge in [-0.15, -0.1) is 0 Å². The van der Waals surface area contributed by atoms with Crippen molar-refractivity contribution < 1.29 is 31.2 Å². The molecule has 5 rings (SSSR count). The number of alkyl halides is 3. The van der Waals surface area contributed by atoms with E-state index < -0.39 is 46.2 Å². The molecule has 0 aromatic heterocycles. The first-order valence-corrected chi connectivity index (χ1v) is 18.3. The predicted octanol–water partition coefficient (Wildman–Crippen LogP) is 7.95. The second kappa shape index (κ2) is 16.1. The van der Waals surface area contributed by atoms with Crippen LogP contribution in [0.4, 0.5) is 18.9 Å². The van der Waals surface area contributed by atoms with Crippen LogP contribution in [0.1, 0.15) is 54.4 Å². The summed E-state index contributed by atoms with van der Waals surface area (Å²) in [5.41, 5.74) is 0.753. The third-order valence-electron chi connectivity index (χ3n) is 8.84. The van der Waals surface area contributed by atoms with Crippen LogP contribution in [-0.2, 0) is 38.8 Å². The minimum atomic E-state index is -4.77. The van der Waals surface area contributed by atoms with Gasteiger partial charge in [-0.3, -0.25) is 13.9 Å². The zero-order valence-electron chi connectivity index (χ0n) is 27.6. The van der Waals surface area contributed by atoms with Gasteiger partial charge in [0.15, 0.2) is 0 Å². The highest BCUT2D eigenvalue weighted by Crippen LogP contribution is 2.33. The third-order valence-corrected chi connectivity index (χ3v) is 10.9. The highest BCUT2D eigenvalue weighted by atomic mass is 35.5. The second-order valence-corrected chi connectivity index (χ2v) is 14.9. The first kappa shape index (κ1) is 36.9. The van der Waals surface area contributed by atoms with E-state index in [1.165, 1.54) is 23.1 Å². The van der Waals surface area contributed by atoms with Gasteiger partial charge in [0.1, 0.15) is 12.6 Å². The number of nitrogens with zero attached hydrogens (tertiary/aromatic N) is 2. The molecule has 0 heterocycles. The minimum absolute atomic E-state index is 0.0782. The number of rotatable bonds is 12. The minimum Gasteiger partial charge on any atom is -0.352 e. The molecule has 0 radical (unpaired) electrons. The third kappa shape index (κ3) is 9.45. The molecule has 2 amide bonds. The number of carbonyl (C=O) groups excluding carboxylic acids is 2. The van der Waals surface area contributed by atoms with Crippen LogP contribution in [0.2, 0.25) is 5.02 Å². The number of hydrogen-bond donors (Lipinski definition) is 1. The van der Waals surface area contributed by atoms with Crippen LogP contribution in [0.25, 0.3) is 0 Å². The predicted molar refractivity (Wildman–Crippen MR) is 188 cm³/mol. The van der Waals surface area contributed by atoms with Gasteiger partial charge in [0.25, 0.3) is 10.0 Å². The lowest BCUT2D eigenvalue weighted by Gasteiger charge is -2.35. The maximum absolute atomic E-state index is 14.6. The highest BCUT2D eigenvalue weighted by Gasteiger charge is 2.37. The molecule has 0 spiro atoms. The van der Waals surface area contributed by atoms with Crippen molar-refractivity contribution in [3.05, 3.63) is 130 Å². The summed E-state index contributed by atoms with van der Waals surface area (Å²) in [5, 5.41) is 3.59. The molecule has 4 aromatic rings. The Morgan fingerprint density at radius 2 is 1.52 bits per heavy atom. The summed E-state index contributed by atoms with van der Waals surface area (Å²) in [7, 11) is -4.57. The summed E-state index contributed by atoms with van der Waals surface area (Å²) < 4.78 is 70.6. The zero-order valence-corrected chi connectivity index (χ0v) is 29.1. The number of nitrogens with one attached hydrogen (secondary N) is 1. The summed E-state index contributed by atoms with van der Waals surface area (Å²) in [6.07, 6.45) is -0.0537. The lowest BCUT2D eigenvalue weighted by Crippen LogP contribution is -2.55. The summed E-state index contributed by atoms with van der Waals surface area (Å²) in [6.45, 7) is 0.810. The van der Waals surface area contributed by atoms with Crippen LogP contribution in [0, 0.1) is 6.92 Å². The van der Waals surface area contributed by atoms with E-state index in [1.54, 1.807) is 43.3 Å². The lowest BCUT2D eigenvalue weighted by atomic mass is 9.94. The van der Waals surface area contributed by atoms with Crippen LogP contribution >= 0.6 is 11.6 Å². The summed E-state index contributed by atoms with van der Waals surface area (Å²) in [5.74, 6) is -1.16. The molecule has 1 saturated carbocycles. The molecule has 0 bridgehead atoms. The van der Waals surface area contributed by atoms with Crippen LogP contribution in [0.15, 0.2) is 108 Å². The van der Waals surface area contributed by atoms with Gasteiger partial charge in [0.05, 0.1) is 16.1 Å². The van der Waals surface area contributed by atoms with Gasteiger partial charge in [0.2, 0.25) is 11.8 Å². The molecule has 1 N–H and O–H groups in total. The Labute approximate surface area is 296 Å². The standard InChI is InChI=1S/C38H39ClF3N3O4S/c1-27-15-21-34(22-16-27)50(48,49)45(33-14-8-11-30(24-33)38(40,41)42)26-36(46)44(25-29-17-19-31(39)20-18-29)35(23-28-9-4-2-5-10-28)37(47)43-32-12-6-3-7-13-32/h2,4-5,8-11,14-22,24,32,35H,3,6-7,12-13,23,25-26H2,1H3,(H,43,47)/t35-/m1/s1. The monoisotopic (exact) mass is 725 g/mol. The topological polar surface area (TPSA) is 86.8 Å². The number of benzene rings is 4. The van der Waals surface area contributed by atoms with Gasteiger partial charge in [0, 0.05) is 24.0 Å². The van der Waals surface area contributed by atoms with Crippen molar-refractivity contribution in [2.75, 3.05) is 10.8 Å². The van der Waals surface area contributed by atoms with E-state index in [1.807, 2.05) is 30.3 Å². The first-order chi connectivity index (χ1) is 23.8. The number of halogens is 4. The lowest BCUT2D eigenvalue weighted by molar-refractivity contribution is -0.140. The number of carbonyl (C=O) groups is 2. The molecular weight excluding hydrogens is 687 g/mol. The van der Waals surface area contributed by atoms with Crippen molar-refractivity contribution in [1.82, 2.24) is 10.2 Å². The number of anilines is 1. The van der Waals surface area contributed by atoms with Crippen molar-refractivity contribution in [3.63, 3.8) is 0 Å². The molecule has 7 nitrogen and oxygen atoms in total. The van der Waals surface area contributed by atoms with Crippen molar-refractivity contribution in [3.8, 4) is 0 Å². The highest BCUT2D eigenvalue weighted by molar-refractivity contribution is 7.92. The number of amides is 2. The Hall–Kier alpha value is -4.35. The van der Waals surface area contributed by atoms with E-state index in [2.05, 4.69) is 5.32 Å². The molecule has 0 aliphatic heterocycles. The normalized spacial score (nSPS) is 14.5. The van der Waals surface area contributed by atoms with Gasteiger partial charge in [-0.2, -0.15) is 13.2 Å². The summed E-state index contributed by atoms with van der Waals surface area (Å²) >= 11 is 6.14. The van der Waals surface area contributed by atoms with E-state index in [9.17, 15) is 31.2 Å². The van der Waals surface area contributed by atoms with Crippen molar-refractivity contribution in [2.24, 2.45) is 0 Å². The average Bonchev–Trinajstić information content (AvgIpc) is 3.10. The molecule has 50 heavy (non-hydrogen) atoms. The van der Waals surface area contributed by atoms with Gasteiger partial charge in [-0.25, -0.2) is 8.42 Å². The fraction of sp³-hybridized carbons (Fsp3) is 0.316. The Bertz CT molecular complexity index is 1870. The Kier molecular flexibility index (Phi) is 11.9. The molecule has 264 valence electrons. The molecule has 12 heteroatoms. The quantitative estimate of drug-likeness (QED) is 0.161. The van der Waals surface area contributed by atoms with E-state index in [-0.39, 0.29) is 29.6 Å². The van der Waals surface area contributed by atoms with Gasteiger partial charge in [-0.05, 0) is 73.4 Å². The molecule has 0 saturated heterocycles. The van der Waals surface area contributed by atoms with Crippen LogP contribution < -0.4 is 9.62 Å². The largest absolute Gasteiger partial charge is 0.416 e. The van der Waals surface area contributed by atoms with Crippen molar-refractivity contribution in [2.45, 2.75) is 75.1 Å². The van der Waals surface area contributed by atoms with Crippen molar-refractivity contribution in [1.29, 1.82) is 0 Å². The summed E-state index contributed by atoms with van der Waals surface area (Å²) in [4.78, 5) is 29.9. The van der Waals surface area contributed by atoms with Gasteiger partial charge >= 0.3 is 6.18 Å². The molecule has 1 fully saturated rings. The summed E-state index contributed by atoms with van der Waals surface area (Å²) in [6, 6.07) is 24.4. The van der Waals surface area contributed by atoms with Crippen LogP contribution in [0.3, 0.4) is 0 Å². The van der Waals surface area contributed by atoms with E-state index in [0.717, 1.165) is 55.4 Å². The fourth-order valence-electron chi connectivity index (χ4n) is 6.09. The molecule has 1 aliphatic rings. The van der Waals surface area contributed by atoms with E-state index >= 15 is 0 Å². The van der Waals surface area contributed by atoms with E-state index in [4.69, 9.17) is 11.6 Å². The first-order valence-electron chi connectivity index (χ1n) is 16.5. The Morgan fingerprint density at radius 3 is 2.16 bits per heavy atom. The molecule has 1 aliphatic carbocycles. The van der Waals surface area contributed by atoms with Crippen LogP contribution in [0.5, 0.6) is 0 Å². The van der Waals surface area contributed by atoms with Crippen LogP contribution in [-0.4, -0.2) is 43.8 Å². The average molecular weight is 726 g/mol. The van der Waals surface area contributed by atoms with Gasteiger partial charge in [-0.1, -0.05) is 97.1 Å². The molecule has 4 aromatic carbocycles. The van der Waals surface area contributed by atoms with E-state index in [0.29, 0.717) is 21.0 Å². The Morgan fingerprint density at radius 1 is 0.860 bits per heavy atom. The van der Waals surface area contributed by atoms with Gasteiger partial charge < -0.3 is 10.2 Å². The maximum atomic E-state index is 14.6. The molecule has 1 atom stereocenters. The number of hydrogen-bond acceptors (Lipinski definition) is 4.